The first kappa shape index (κ1) is 7.60. The van der Waals surface area contributed by atoms with Gasteiger partial charge in [0.2, 0.25) is 0 Å². The van der Waals surface area contributed by atoms with Crippen molar-refractivity contribution >= 4 is 0 Å². The van der Waals surface area contributed by atoms with E-state index in [2.05, 4.69) is 48.6 Å². The molecule has 0 amide bonds. The van der Waals surface area contributed by atoms with Crippen LogP contribution in [0.2, 0.25) is 0 Å². The van der Waals surface area contributed by atoms with Gasteiger partial charge in [0.1, 0.15) is 0 Å². The molecule has 0 aromatic heterocycles. The van der Waals surface area contributed by atoms with Crippen LogP contribution in [0.1, 0.15) is 12.8 Å². The lowest BCUT2D eigenvalue weighted by atomic mass is 9.83. The van der Waals surface area contributed by atoms with E-state index in [-0.39, 0.29) is 0 Å². The Morgan fingerprint density at radius 1 is 0.667 bits per heavy atom. The van der Waals surface area contributed by atoms with E-state index in [1.54, 1.807) is 0 Å². The lowest BCUT2D eigenvalue weighted by Crippen LogP contribution is -2.11. The number of allylic oxidation sites excluding steroid dienone is 8. The molecule has 2 aliphatic rings. The van der Waals surface area contributed by atoms with Crippen LogP contribution in [0.25, 0.3) is 0 Å². The average Bonchev–Trinajstić information content (AvgIpc) is 2.21. The molecule has 0 radical (unpaired) electrons. The summed E-state index contributed by atoms with van der Waals surface area (Å²) in [5, 5.41) is 0. The minimum atomic E-state index is 0.733. The summed E-state index contributed by atoms with van der Waals surface area (Å²) in [5.41, 5.74) is 0. The van der Waals surface area contributed by atoms with E-state index in [0.717, 1.165) is 11.8 Å². The second-order valence-electron chi connectivity index (χ2n) is 3.43. The van der Waals surface area contributed by atoms with E-state index in [1.165, 1.54) is 12.8 Å². The number of rotatable bonds is 1. The summed E-state index contributed by atoms with van der Waals surface area (Å²) in [5.74, 6) is 1.47. The van der Waals surface area contributed by atoms with Crippen molar-refractivity contribution in [3.05, 3.63) is 48.6 Å². The van der Waals surface area contributed by atoms with Crippen LogP contribution in [0.15, 0.2) is 48.6 Å². The van der Waals surface area contributed by atoms with Crippen molar-refractivity contribution in [2.24, 2.45) is 11.8 Å². The minimum Gasteiger partial charge on any atom is -0.0839 e. The van der Waals surface area contributed by atoms with Gasteiger partial charge >= 0.3 is 0 Å². The maximum atomic E-state index is 2.33. The molecule has 0 heteroatoms. The Morgan fingerprint density at radius 3 is 1.50 bits per heavy atom. The zero-order valence-corrected chi connectivity index (χ0v) is 7.19. The normalized spacial score (nSPS) is 32.7. The molecule has 2 aliphatic carbocycles. The van der Waals surface area contributed by atoms with Gasteiger partial charge in [-0.3, -0.25) is 0 Å². The summed E-state index contributed by atoms with van der Waals surface area (Å²) in [6, 6.07) is 0. The number of hydrogen-bond donors (Lipinski definition) is 0. The van der Waals surface area contributed by atoms with Gasteiger partial charge in [-0.05, 0) is 24.7 Å². The van der Waals surface area contributed by atoms with Gasteiger partial charge in [-0.25, -0.2) is 0 Å². The van der Waals surface area contributed by atoms with Crippen molar-refractivity contribution in [3.8, 4) is 0 Å². The third-order valence-electron chi connectivity index (χ3n) is 2.58. The fourth-order valence-electron chi connectivity index (χ4n) is 1.83. The zero-order chi connectivity index (χ0) is 8.23. The summed E-state index contributed by atoms with van der Waals surface area (Å²) in [4.78, 5) is 0. The first-order valence-corrected chi connectivity index (χ1v) is 4.63. The SMILES string of the molecule is C1=CCC(C2C=CC=CC2)C=C1. The van der Waals surface area contributed by atoms with Gasteiger partial charge in [0.25, 0.3) is 0 Å². The molecule has 0 saturated carbocycles. The second kappa shape index (κ2) is 3.57. The van der Waals surface area contributed by atoms with Crippen molar-refractivity contribution in [1.29, 1.82) is 0 Å². The van der Waals surface area contributed by atoms with E-state index in [1.807, 2.05) is 0 Å². The van der Waals surface area contributed by atoms with Crippen LogP contribution < -0.4 is 0 Å². The summed E-state index contributed by atoms with van der Waals surface area (Å²) >= 11 is 0. The molecule has 0 aliphatic heterocycles. The van der Waals surface area contributed by atoms with Crippen LogP contribution in [0.3, 0.4) is 0 Å². The van der Waals surface area contributed by atoms with Gasteiger partial charge in [-0.1, -0.05) is 48.6 Å². The predicted molar refractivity (Wildman–Crippen MR) is 52.8 cm³/mol. The highest BCUT2D eigenvalue weighted by Crippen LogP contribution is 2.27. The minimum absolute atomic E-state index is 0.733. The average molecular weight is 158 g/mol. The van der Waals surface area contributed by atoms with E-state index in [9.17, 15) is 0 Å². The highest BCUT2D eigenvalue weighted by Gasteiger charge is 2.15. The van der Waals surface area contributed by atoms with Crippen LogP contribution in [-0.2, 0) is 0 Å². The Bertz CT molecular complexity index is 225. The molecule has 0 aromatic carbocycles. The highest BCUT2D eigenvalue weighted by atomic mass is 14.2. The lowest BCUT2D eigenvalue weighted by Gasteiger charge is -2.22. The topological polar surface area (TPSA) is 0 Å². The van der Waals surface area contributed by atoms with Gasteiger partial charge in [-0.15, -0.1) is 0 Å². The van der Waals surface area contributed by atoms with E-state index < -0.39 is 0 Å². The molecule has 12 heavy (non-hydrogen) atoms. The highest BCUT2D eigenvalue weighted by molar-refractivity contribution is 5.18. The number of hydrogen-bond acceptors (Lipinski definition) is 0. The largest absolute Gasteiger partial charge is 0.0839 e. The van der Waals surface area contributed by atoms with Crippen LogP contribution in [-0.4, -0.2) is 0 Å². The molecule has 2 rings (SSSR count). The smallest absolute Gasteiger partial charge is 0.0130 e. The molecular weight excluding hydrogens is 144 g/mol. The van der Waals surface area contributed by atoms with Gasteiger partial charge in [0.15, 0.2) is 0 Å². The zero-order valence-electron chi connectivity index (χ0n) is 7.19. The van der Waals surface area contributed by atoms with Crippen molar-refractivity contribution in [2.75, 3.05) is 0 Å². The Morgan fingerprint density at radius 2 is 1.17 bits per heavy atom. The summed E-state index contributed by atoms with van der Waals surface area (Å²) < 4.78 is 0. The van der Waals surface area contributed by atoms with Gasteiger partial charge < -0.3 is 0 Å². The molecule has 0 aromatic rings. The molecule has 0 nitrogen and oxygen atoms in total. The third kappa shape index (κ3) is 1.58. The molecule has 2 atom stereocenters. The molecule has 0 heterocycles. The van der Waals surface area contributed by atoms with Crippen molar-refractivity contribution in [3.63, 3.8) is 0 Å². The van der Waals surface area contributed by atoms with Crippen LogP contribution >= 0.6 is 0 Å². The van der Waals surface area contributed by atoms with E-state index in [0.29, 0.717) is 0 Å². The summed E-state index contributed by atoms with van der Waals surface area (Å²) in [6.07, 6.45) is 20.2. The second-order valence-corrected chi connectivity index (χ2v) is 3.43. The summed E-state index contributed by atoms with van der Waals surface area (Å²) in [7, 11) is 0. The Balaban J connectivity index is 2.01. The van der Waals surface area contributed by atoms with Gasteiger partial charge in [0.05, 0.1) is 0 Å². The predicted octanol–water partition coefficient (Wildman–Crippen LogP) is 3.25. The molecule has 0 N–H and O–H groups in total. The monoisotopic (exact) mass is 158 g/mol. The maximum Gasteiger partial charge on any atom is -0.0130 e. The molecule has 2 unspecified atom stereocenters. The lowest BCUT2D eigenvalue weighted by molar-refractivity contribution is 0.478. The molecule has 62 valence electrons. The van der Waals surface area contributed by atoms with Gasteiger partial charge in [-0.2, -0.15) is 0 Å². The van der Waals surface area contributed by atoms with Crippen LogP contribution in [0.5, 0.6) is 0 Å². The standard InChI is InChI=1S/C12H14/c1-3-7-11(8-4-1)12-9-5-2-6-10-12/h1-7,9,11-12H,8,10H2. The molecule has 0 saturated heterocycles. The fraction of sp³-hybridized carbons (Fsp3) is 0.333. The molecular formula is C12H14. The van der Waals surface area contributed by atoms with Crippen molar-refractivity contribution in [2.45, 2.75) is 12.8 Å². The molecule has 0 spiro atoms. The Hall–Kier alpha value is -1.04. The Kier molecular flexibility index (Phi) is 2.26. The first-order valence-electron chi connectivity index (χ1n) is 4.63. The first-order chi connectivity index (χ1) is 5.97. The third-order valence-corrected chi connectivity index (χ3v) is 2.58. The van der Waals surface area contributed by atoms with Crippen LogP contribution in [0, 0.1) is 11.8 Å². The molecule has 0 fully saturated rings. The van der Waals surface area contributed by atoms with Crippen molar-refractivity contribution < 1.29 is 0 Å². The maximum absolute atomic E-state index is 2.33. The van der Waals surface area contributed by atoms with Gasteiger partial charge in [0, 0.05) is 0 Å². The Labute approximate surface area is 74.0 Å². The van der Waals surface area contributed by atoms with Crippen molar-refractivity contribution in [1.82, 2.24) is 0 Å². The van der Waals surface area contributed by atoms with Crippen LogP contribution in [0.4, 0.5) is 0 Å². The fourth-order valence-corrected chi connectivity index (χ4v) is 1.83. The molecule has 0 bridgehead atoms. The quantitative estimate of drug-likeness (QED) is 0.549. The van der Waals surface area contributed by atoms with E-state index >= 15 is 0 Å². The summed E-state index contributed by atoms with van der Waals surface area (Å²) in [6.45, 7) is 0. The van der Waals surface area contributed by atoms with E-state index in [4.69, 9.17) is 0 Å².